The van der Waals surface area contributed by atoms with Crippen LogP contribution >= 0.6 is 0 Å². The van der Waals surface area contributed by atoms with Gasteiger partial charge in [-0.25, -0.2) is 0 Å². The van der Waals surface area contributed by atoms with Gasteiger partial charge in [-0.3, -0.25) is 9.59 Å². The fraction of sp³-hybridized carbons (Fsp3) is 0.500. The van der Waals surface area contributed by atoms with Crippen molar-refractivity contribution in [2.45, 2.75) is 39.2 Å². The summed E-state index contributed by atoms with van der Waals surface area (Å²) in [4.78, 5) is 22.7. The van der Waals surface area contributed by atoms with E-state index in [2.05, 4.69) is 43.5 Å². The first-order valence-electron chi connectivity index (χ1n) is 7.10. The van der Waals surface area contributed by atoms with E-state index in [9.17, 15) is 9.59 Å². The lowest BCUT2D eigenvalue weighted by Crippen LogP contribution is -2.40. The minimum Gasteiger partial charge on any atom is -0.348 e. The molecule has 0 aliphatic carbocycles. The monoisotopic (exact) mass is 291 g/mol. The molecule has 1 atom stereocenters. The summed E-state index contributed by atoms with van der Waals surface area (Å²) in [6.45, 7) is 8.22. The van der Waals surface area contributed by atoms with Gasteiger partial charge in [0, 0.05) is 0 Å². The van der Waals surface area contributed by atoms with E-state index in [-0.39, 0.29) is 36.4 Å². The van der Waals surface area contributed by atoms with E-state index in [1.54, 1.807) is 0 Å². The highest BCUT2D eigenvalue weighted by Gasteiger charge is 2.15. The third-order valence-electron chi connectivity index (χ3n) is 3.29. The van der Waals surface area contributed by atoms with Gasteiger partial charge in [0.1, 0.15) is 0 Å². The topological polar surface area (TPSA) is 84.2 Å². The van der Waals surface area contributed by atoms with E-state index >= 15 is 0 Å². The highest BCUT2D eigenvalue weighted by atomic mass is 16.2. The van der Waals surface area contributed by atoms with Gasteiger partial charge in [0.15, 0.2) is 0 Å². The zero-order valence-corrected chi connectivity index (χ0v) is 13.2. The lowest BCUT2D eigenvalue weighted by Gasteiger charge is -2.20. The highest BCUT2D eigenvalue weighted by molar-refractivity contribution is 5.85. The summed E-state index contributed by atoms with van der Waals surface area (Å²) in [5.41, 5.74) is 7.54. The summed E-state index contributed by atoms with van der Waals surface area (Å²) in [5.74, 6) is -0.573. The quantitative estimate of drug-likeness (QED) is 0.763. The van der Waals surface area contributed by atoms with Gasteiger partial charge >= 0.3 is 0 Å². The predicted octanol–water partition coefficient (Wildman–Crippen LogP) is 1.24. The van der Waals surface area contributed by atoms with E-state index in [4.69, 9.17) is 5.73 Å². The van der Waals surface area contributed by atoms with Crippen LogP contribution in [0.4, 0.5) is 0 Å². The second-order valence-electron chi connectivity index (χ2n) is 6.14. The molecule has 1 aromatic rings. The van der Waals surface area contributed by atoms with Crippen LogP contribution in [0.1, 0.15) is 44.9 Å². The van der Waals surface area contributed by atoms with Crippen LogP contribution in [-0.2, 0) is 15.0 Å². The molecule has 21 heavy (non-hydrogen) atoms. The average molecular weight is 291 g/mol. The van der Waals surface area contributed by atoms with Gasteiger partial charge in [0.2, 0.25) is 11.8 Å². The van der Waals surface area contributed by atoms with E-state index in [0.29, 0.717) is 0 Å². The number of nitrogens with one attached hydrogen (secondary N) is 2. The molecule has 1 unspecified atom stereocenters. The second kappa shape index (κ2) is 7.22. The van der Waals surface area contributed by atoms with Crippen LogP contribution in [0.5, 0.6) is 0 Å². The fourth-order valence-corrected chi connectivity index (χ4v) is 1.90. The zero-order valence-electron chi connectivity index (χ0n) is 13.2. The Morgan fingerprint density at radius 3 is 2.19 bits per heavy atom. The second-order valence-corrected chi connectivity index (χ2v) is 6.14. The standard InChI is InChI=1S/C16H25N3O2/c1-11(19-15(21)10-18-14(20)9-17)12-5-7-13(8-6-12)16(2,3)4/h5-8,11H,9-10,17H2,1-4H3,(H,18,20)(H,19,21). The third-order valence-corrected chi connectivity index (χ3v) is 3.29. The van der Waals surface area contributed by atoms with E-state index in [1.165, 1.54) is 5.56 Å². The van der Waals surface area contributed by atoms with Crippen LogP contribution in [-0.4, -0.2) is 24.9 Å². The number of amides is 2. The SMILES string of the molecule is CC(NC(=O)CNC(=O)CN)c1ccc(C(C)(C)C)cc1. The van der Waals surface area contributed by atoms with Crippen molar-refractivity contribution in [2.75, 3.05) is 13.1 Å². The molecule has 4 N–H and O–H groups in total. The molecule has 0 heterocycles. The maximum absolute atomic E-state index is 11.7. The summed E-state index contributed by atoms with van der Waals surface area (Å²) in [6, 6.07) is 8.08. The van der Waals surface area contributed by atoms with Crippen molar-refractivity contribution in [1.82, 2.24) is 10.6 Å². The molecule has 0 saturated heterocycles. The maximum Gasteiger partial charge on any atom is 0.239 e. The van der Waals surface area contributed by atoms with Gasteiger partial charge in [0.25, 0.3) is 0 Å². The number of benzene rings is 1. The number of carbonyl (C=O) groups excluding carboxylic acids is 2. The summed E-state index contributed by atoms with van der Waals surface area (Å²) < 4.78 is 0. The largest absolute Gasteiger partial charge is 0.348 e. The van der Waals surface area contributed by atoms with Gasteiger partial charge in [-0.2, -0.15) is 0 Å². The smallest absolute Gasteiger partial charge is 0.239 e. The Morgan fingerprint density at radius 1 is 1.14 bits per heavy atom. The molecule has 2 amide bonds. The van der Waals surface area contributed by atoms with Crippen LogP contribution in [0, 0.1) is 0 Å². The van der Waals surface area contributed by atoms with Crippen LogP contribution in [0.15, 0.2) is 24.3 Å². The van der Waals surface area contributed by atoms with Crippen LogP contribution < -0.4 is 16.4 Å². The van der Waals surface area contributed by atoms with Crippen molar-refractivity contribution in [3.8, 4) is 0 Å². The maximum atomic E-state index is 11.7. The predicted molar refractivity (Wildman–Crippen MR) is 83.8 cm³/mol. The number of carbonyl (C=O) groups is 2. The first-order valence-corrected chi connectivity index (χ1v) is 7.10. The average Bonchev–Trinajstić information content (AvgIpc) is 2.43. The van der Waals surface area contributed by atoms with Crippen molar-refractivity contribution in [1.29, 1.82) is 0 Å². The van der Waals surface area contributed by atoms with E-state index < -0.39 is 0 Å². The molecule has 0 radical (unpaired) electrons. The minimum absolute atomic E-state index is 0.0551. The summed E-state index contributed by atoms with van der Waals surface area (Å²) in [5, 5.41) is 5.28. The molecule has 0 aliphatic heterocycles. The van der Waals surface area contributed by atoms with Crippen LogP contribution in [0.2, 0.25) is 0 Å². The van der Waals surface area contributed by atoms with Crippen molar-refractivity contribution in [3.05, 3.63) is 35.4 Å². The molecule has 1 aromatic carbocycles. The molecule has 0 saturated carbocycles. The molecular weight excluding hydrogens is 266 g/mol. The molecule has 0 fully saturated rings. The van der Waals surface area contributed by atoms with E-state index in [0.717, 1.165) is 5.56 Å². The molecular formula is C16H25N3O2. The summed E-state index contributed by atoms with van der Waals surface area (Å²) >= 11 is 0. The molecule has 1 rings (SSSR count). The Kier molecular flexibility index (Phi) is 5.90. The fourth-order valence-electron chi connectivity index (χ4n) is 1.90. The zero-order chi connectivity index (χ0) is 16.0. The molecule has 0 bridgehead atoms. The van der Waals surface area contributed by atoms with Crippen LogP contribution in [0.3, 0.4) is 0 Å². The number of rotatable bonds is 5. The highest BCUT2D eigenvalue weighted by Crippen LogP contribution is 2.23. The van der Waals surface area contributed by atoms with Crippen LogP contribution in [0.25, 0.3) is 0 Å². The molecule has 5 nitrogen and oxygen atoms in total. The third kappa shape index (κ3) is 5.55. The number of nitrogens with two attached hydrogens (primary N) is 1. The number of hydrogen-bond acceptors (Lipinski definition) is 3. The van der Waals surface area contributed by atoms with E-state index in [1.807, 2.05) is 19.1 Å². The minimum atomic E-state index is -0.340. The number of hydrogen-bond donors (Lipinski definition) is 3. The van der Waals surface area contributed by atoms with Crippen molar-refractivity contribution in [3.63, 3.8) is 0 Å². The van der Waals surface area contributed by atoms with Gasteiger partial charge in [-0.05, 0) is 23.5 Å². The Hall–Kier alpha value is -1.88. The Labute approximate surface area is 126 Å². The molecule has 0 aliphatic rings. The first kappa shape index (κ1) is 17.2. The van der Waals surface area contributed by atoms with Gasteiger partial charge in [-0.1, -0.05) is 45.0 Å². The van der Waals surface area contributed by atoms with Crippen molar-refractivity contribution in [2.24, 2.45) is 5.73 Å². The first-order chi connectivity index (χ1) is 9.74. The normalized spacial score (nSPS) is 12.6. The molecule has 5 heteroatoms. The Bertz CT molecular complexity index is 489. The molecule has 0 spiro atoms. The van der Waals surface area contributed by atoms with Gasteiger partial charge in [0.05, 0.1) is 19.1 Å². The Balaban J connectivity index is 2.57. The summed E-state index contributed by atoms with van der Waals surface area (Å²) in [7, 11) is 0. The van der Waals surface area contributed by atoms with Crippen molar-refractivity contribution < 1.29 is 9.59 Å². The molecule has 0 aromatic heterocycles. The summed E-state index contributed by atoms with van der Waals surface area (Å²) in [6.07, 6.45) is 0. The van der Waals surface area contributed by atoms with Crippen molar-refractivity contribution >= 4 is 11.8 Å². The lowest BCUT2D eigenvalue weighted by molar-refractivity contribution is -0.125. The van der Waals surface area contributed by atoms with Gasteiger partial charge in [-0.15, -0.1) is 0 Å². The molecule has 116 valence electrons. The van der Waals surface area contributed by atoms with Gasteiger partial charge < -0.3 is 16.4 Å². The lowest BCUT2D eigenvalue weighted by atomic mass is 9.86. The Morgan fingerprint density at radius 2 is 1.71 bits per heavy atom.